The molecular formula is C16H12Br2S2. The van der Waals surface area contributed by atoms with E-state index in [-0.39, 0.29) is 0 Å². The molecule has 1 aromatic carbocycles. The van der Waals surface area contributed by atoms with Gasteiger partial charge in [-0.15, -0.1) is 22.7 Å². The molecule has 0 atom stereocenters. The number of benzene rings is 1. The van der Waals surface area contributed by atoms with Crippen molar-refractivity contribution in [3.8, 4) is 20.9 Å². The minimum Gasteiger partial charge on any atom is -0.141 e. The van der Waals surface area contributed by atoms with Crippen molar-refractivity contribution in [3.05, 3.63) is 55.1 Å². The quantitative estimate of drug-likeness (QED) is 0.402. The van der Waals surface area contributed by atoms with Crippen molar-refractivity contribution in [2.75, 3.05) is 0 Å². The highest BCUT2D eigenvalue weighted by atomic mass is 79.9. The molecule has 0 bridgehead atoms. The second kappa shape index (κ2) is 5.76. The van der Waals surface area contributed by atoms with E-state index in [1.54, 1.807) is 0 Å². The van der Waals surface area contributed by atoms with Crippen LogP contribution >= 0.6 is 54.5 Å². The maximum Gasteiger partial charge on any atom is 0.0410 e. The first-order chi connectivity index (χ1) is 9.56. The van der Waals surface area contributed by atoms with Crippen LogP contribution in [-0.2, 0) is 0 Å². The highest BCUT2D eigenvalue weighted by Gasteiger charge is 2.14. The topological polar surface area (TPSA) is 0 Å². The van der Waals surface area contributed by atoms with Crippen LogP contribution in [0.15, 0.2) is 45.3 Å². The van der Waals surface area contributed by atoms with Crippen LogP contribution in [0, 0.1) is 13.8 Å². The van der Waals surface area contributed by atoms with E-state index in [4.69, 9.17) is 0 Å². The summed E-state index contributed by atoms with van der Waals surface area (Å²) in [6, 6.07) is 13.1. The van der Waals surface area contributed by atoms with Crippen molar-refractivity contribution in [1.82, 2.24) is 0 Å². The Morgan fingerprint density at radius 3 is 1.35 bits per heavy atom. The molecule has 20 heavy (non-hydrogen) atoms. The minimum absolute atomic E-state index is 1.13. The van der Waals surface area contributed by atoms with E-state index in [1.165, 1.54) is 30.6 Å². The standard InChI is InChI=1S/C16H12Br2S2/c1-9-3-7-13(19-9)11-5-6-12(16(18)15(11)17)14-8-4-10(2)20-14/h3-8H,1-2H3. The average molecular weight is 428 g/mol. The Kier molecular flexibility index (Phi) is 4.18. The van der Waals surface area contributed by atoms with Crippen LogP contribution in [0.4, 0.5) is 0 Å². The predicted molar refractivity (Wildman–Crippen MR) is 97.9 cm³/mol. The average Bonchev–Trinajstić information content (AvgIpc) is 3.02. The van der Waals surface area contributed by atoms with E-state index in [1.807, 2.05) is 22.7 Å². The molecule has 3 rings (SSSR count). The molecule has 0 unspecified atom stereocenters. The first-order valence-electron chi connectivity index (χ1n) is 6.18. The van der Waals surface area contributed by atoms with Crippen LogP contribution in [0.1, 0.15) is 9.75 Å². The van der Waals surface area contributed by atoms with Crippen LogP contribution in [0.25, 0.3) is 20.9 Å². The number of aryl methyl sites for hydroxylation is 2. The summed E-state index contributed by atoms with van der Waals surface area (Å²) in [6.07, 6.45) is 0. The number of rotatable bonds is 2. The van der Waals surface area contributed by atoms with Crippen LogP contribution in [0.3, 0.4) is 0 Å². The van der Waals surface area contributed by atoms with E-state index in [0.29, 0.717) is 0 Å². The Morgan fingerprint density at radius 2 is 1.05 bits per heavy atom. The summed E-state index contributed by atoms with van der Waals surface area (Å²) in [6.45, 7) is 4.28. The van der Waals surface area contributed by atoms with Crippen molar-refractivity contribution in [3.63, 3.8) is 0 Å². The first kappa shape index (κ1) is 14.5. The summed E-state index contributed by atoms with van der Waals surface area (Å²) in [7, 11) is 0. The summed E-state index contributed by atoms with van der Waals surface area (Å²) in [4.78, 5) is 5.26. The van der Waals surface area contributed by atoms with Crippen LogP contribution < -0.4 is 0 Å². The lowest BCUT2D eigenvalue weighted by Crippen LogP contribution is -1.82. The van der Waals surface area contributed by atoms with Crippen molar-refractivity contribution in [2.24, 2.45) is 0 Å². The fraction of sp³-hybridized carbons (Fsp3) is 0.125. The summed E-state index contributed by atoms with van der Waals surface area (Å²) in [5, 5.41) is 0. The van der Waals surface area contributed by atoms with Crippen LogP contribution in [-0.4, -0.2) is 0 Å². The van der Waals surface area contributed by atoms with E-state index in [0.717, 1.165) is 8.95 Å². The number of hydrogen-bond donors (Lipinski definition) is 0. The van der Waals surface area contributed by atoms with Gasteiger partial charge in [0.15, 0.2) is 0 Å². The molecule has 0 nitrogen and oxygen atoms in total. The molecular weight excluding hydrogens is 416 g/mol. The molecule has 102 valence electrons. The molecule has 3 aromatic rings. The monoisotopic (exact) mass is 426 g/mol. The molecule has 0 spiro atoms. The predicted octanol–water partition coefficient (Wildman–Crippen LogP) is 7.29. The molecule has 0 fully saturated rings. The minimum atomic E-state index is 1.13. The van der Waals surface area contributed by atoms with Gasteiger partial charge < -0.3 is 0 Å². The molecule has 0 aliphatic heterocycles. The zero-order valence-corrected chi connectivity index (χ0v) is 15.8. The van der Waals surface area contributed by atoms with Crippen molar-refractivity contribution < 1.29 is 0 Å². The zero-order valence-electron chi connectivity index (χ0n) is 11.0. The summed E-state index contributed by atoms with van der Waals surface area (Å²) in [5.74, 6) is 0. The fourth-order valence-corrected chi connectivity index (χ4v) is 5.27. The molecule has 0 saturated carbocycles. The van der Waals surface area contributed by atoms with E-state index in [9.17, 15) is 0 Å². The Bertz CT molecular complexity index is 703. The van der Waals surface area contributed by atoms with Crippen LogP contribution in [0.5, 0.6) is 0 Å². The summed E-state index contributed by atoms with van der Waals surface area (Å²) < 4.78 is 2.26. The fourth-order valence-electron chi connectivity index (χ4n) is 2.09. The molecule has 4 heteroatoms. The Balaban J connectivity index is 2.12. The third-order valence-corrected chi connectivity index (χ3v) is 7.34. The van der Waals surface area contributed by atoms with Gasteiger partial charge in [0.05, 0.1) is 0 Å². The smallest absolute Gasteiger partial charge is 0.0410 e. The summed E-state index contributed by atoms with van der Waals surface area (Å²) in [5.41, 5.74) is 2.49. The van der Waals surface area contributed by atoms with E-state index in [2.05, 4.69) is 82.1 Å². The second-order valence-corrected chi connectivity index (χ2v) is 8.77. The van der Waals surface area contributed by atoms with E-state index >= 15 is 0 Å². The summed E-state index contributed by atoms with van der Waals surface area (Å²) >= 11 is 11.1. The number of thiophene rings is 2. The van der Waals surface area contributed by atoms with Gasteiger partial charge in [-0.05, 0) is 70.0 Å². The van der Waals surface area contributed by atoms with Gasteiger partial charge in [0.25, 0.3) is 0 Å². The second-order valence-electron chi connectivity index (χ2n) is 4.61. The number of hydrogen-bond acceptors (Lipinski definition) is 2. The molecule has 0 saturated heterocycles. The van der Waals surface area contributed by atoms with E-state index < -0.39 is 0 Å². The van der Waals surface area contributed by atoms with Gasteiger partial charge in [0, 0.05) is 39.6 Å². The highest BCUT2D eigenvalue weighted by Crippen LogP contribution is 2.43. The SMILES string of the molecule is Cc1ccc(-c2ccc(-c3ccc(C)s3)c(Br)c2Br)s1. The third kappa shape index (κ3) is 2.67. The van der Waals surface area contributed by atoms with Crippen LogP contribution in [0.2, 0.25) is 0 Å². The van der Waals surface area contributed by atoms with Crippen molar-refractivity contribution >= 4 is 54.5 Å². The molecule has 2 heterocycles. The Hall–Kier alpha value is -0.420. The van der Waals surface area contributed by atoms with Crippen molar-refractivity contribution in [2.45, 2.75) is 13.8 Å². The molecule has 0 aliphatic carbocycles. The molecule has 0 aliphatic rings. The molecule has 0 N–H and O–H groups in total. The number of halogens is 2. The lowest BCUT2D eigenvalue weighted by atomic mass is 10.1. The third-order valence-electron chi connectivity index (χ3n) is 3.09. The maximum atomic E-state index is 3.75. The van der Waals surface area contributed by atoms with Crippen molar-refractivity contribution in [1.29, 1.82) is 0 Å². The van der Waals surface area contributed by atoms with Gasteiger partial charge in [0.2, 0.25) is 0 Å². The lowest BCUT2D eigenvalue weighted by molar-refractivity contribution is 1.58. The van der Waals surface area contributed by atoms with Gasteiger partial charge in [0.1, 0.15) is 0 Å². The maximum absolute atomic E-state index is 3.75. The van der Waals surface area contributed by atoms with Gasteiger partial charge in [-0.3, -0.25) is 0 Å². The Labute approximate surface area is 143 Å². The highest BCUT2D eigenvalue weighted by molar-refractivity contribution is 9.13. The molecule has 0 radical (unpaired) electrons. The van der Waals surface area contributed by atoms with Gasteiger partial charge in [-0.2, -0.15) is 0 Å². The molecule has 2 aromatic heterocycles. The largest absolute Gasteiger partial charge is 0.141 e. The molecule has 0 amide bonds. The lowest BCUT2D eigenvalue weighted by Gasteiger charge is -2.09. The first-order valence-corrected chi connectivity index (χ1v) is 9.40. The van der Waals surface area contributed by atoms with Gasteiger partial charge >= 0.3 is 0 Å². The van der Waals surface area contributed by atoms with Gasteiger partial charge in [-0.1, -0.05) is 12.1 Å². The van der Waals surface area contributed by atoms with Gasteiger partial charge in [-0.25, -0.2) is 0 Å². The normalized spacial score (nSPS) is 11.0. The zero-order chi connectivity index (χ0) is 14.3. The Morgan fingerprint density at radius 1 is 0.650 bits per heavy atom.